The predicted octanol–water partition coefficient (Wildman–Crippen LogP) is 2.85. The van der Waals surface area contributed by atoms with Crippen molar-refractivity contribution in [3.63, 3.8) is 0 Å². The maximum atomic E-state index is 13.3. The van der Waals surface area contributed by atoms with Crippen molar-refractivity contribution in [1.82, 2.24) is 5.32 Å². The van der Waals surface area contributed by atoms with Crippen LogP contribution in [-0.4, -0.2) is 24.9 Å². The Morgan fingerprint density at radius 1 is 1.44 bits per heavy atom. The van der Waals surface area contributed by atoms with E-state index in [1.54, 1.807) is 19.1 Å². The molecule has 0 saturated carbocycles. The molecule has 0 bridgehead atoms. The number of ether oxygens (including phenoxy) is 1. The molecule has 0 fully saturated rings. The normalized spacial score (nSPS) is 10.2. The van der Waals surface area contributed by atoms with Gasteiger partial charge in [0.15, 0.2) is 5.11 Å². The molecule has 0 unspecified atom stereocenters. The number of nitrogens with one attached hydrogen (secondary N) is 2. The highest BCUT2D eigenvalue weighted by molar-refractivity contribution is 7.80. The van der Waals surface area contributed by atoms with Crippen molar-refractivity contribution in [3.8, 4) is 0 Å². The van der Waals surface area contributed by atoms with Crippen molar-refractivity contribution in [2.24, 2.45) is 0 Å². The molecule has 0 spiro atoms. The van der Waals surface area contributed by atoms with Gasteiger partial charge in [-0.2, -0.15) is 0 Å². The zero-order chi connectivity index (χ0) is 13.4. The number of hydrogen-bond acceptors (Lipinski definition) is 2. The van der Waals surface area contributed by atoms with E-state index in [2.05, 4.69) is 10.6 Å². The second-order valence-electron chi connectivity index (χ2n) is 3.84. The van der Waals surface area contributed by atoms with Gasteiger partial charge in [0.25, 0.3) is 0 Å². The lowest BCUT2D eigenvalue weighted by atomic mass is 10.2. The smallest absolute Gasteiger partial charge is 0.170 e. The van der Waals surface area contributed by atoms with Crippen LogP contribution in [0.3, 0.4) is 0 Å². The maximum absolute atomic E-state index is 13.3. The molecule has 0 aliphatic rings. The average Bonchev–Trinajstić information content (AvgIpc) is 2.35. The van der Waals surface area contributed by atoms with E-state index in [1.807, 2.05) is 6.92 Å². The Kier molecular flexibility index (Phi) is 6.60. The highest BCUT2D eigenvalue weighted by Gasteiger charge is 2.04. The minimum atomic E-state index is -0.237. The molecule has 0 atom stereocenters. The second kappa shape index (κ2) is 8.00. The van der Waals surface area contributed by atoms with Crippen LogP contribution < -0.4 is 10.6 Å². The zero-order valence-electron chi connectivity index (χ0n) is 10.8. The Morgan fingerprint density at radius 2 is 2.22 bits per heavy atom. The third-order valence-electron chi connectivity index (χ3n) is 2.47. The molecule has 100 valence electrons. The molecule has 2 N–H and O–H groups in total. The Bertz CT molecular complexity index is 399. The Morgan fingerprint density at radius 3 is 2.94 bits per heavy atom. The molecule has 0 amide bonds. The van der Waals surface area contributed by atoms with Crippen molar-refractivity contribution < 1.29 is 9.13 Å². The summed E-state index contributed by atoms with van der Waals surface area (Å²) in [6.07, 6.45) is 0.887. The molecular formula is C13H19FN2OS. The Hall–Kier alpha value is -1.20. The highest BCUT2D eigenvalue weighted by Crippen LogP contribution is 2.16. The maximum Gasteiger partial charge on any atom is 0.170 e. The van der Waals surface area contributed by atoms with Gasteiger partial charge in [-0.3, -0.25) is 0 Å². The largest absolute Gasteiger partial charge is 0.382 e. The van der Waals surface area contributed by atoms with E-state index in [0.29, 0.717) is 23.0 Å². The average molecular weight is 270 g/mol. The molecule has 5 heteroatoms. The van der Waals surface area contributed by atoms with Crippen LogP contribution in [-0.2, 0) is 4.74 Å². The molecule has 1 aromatic rings. The van der Waals surface area contributed by atoms with Crippen LogP contribution in [0.4, 0.5) is 10.1 Å². The van der Waals surface area contributed by atoms with E-state index >= 15 is 0 Å². The quantitative estimate of drug-likeness (QED) is 0.615. The third kappa shape index (κ3) is 4.98. The lowest BCUT2D eigenvalue weighted by Gasteiger charge is -2.12. The van der Waals surface area contributed by atoms with Gasteiger partial charge in [0.2, 0.25) is 0 Å². The lowest BCUT2D eigenvalue weighted by Crippen LogP contribution is -2.30. The second-order valence-corrected chi connectivity index (χ2v) is 4.25. The summed E-state index contributed by atoms with van der Waals surface area (Å²) in [5.74, 6) is -0.237. The SMILES string of the molecule is CCOCCCNC(=S)Nc1cccc(F)c1C. The molecule has 18 heavy (non-hydrogen) atoms. The van der Waals surface area contributed by atoms with E-state index in [-0.39, 0.29) is 5.82 Å². The van der Waals surface area contributed by atoms with Crippen LogP contribution in [0.5, 0.6) is 0 Å². The molecule has 0 radical (unpaired) electrons. The number of rotatable bonds is 6. The summed E-state index contributed by atoms with van der Waals surface area (Å²) in [5.41, 5.74) is 1.26. The van der Waals surface area contributed by atoms with Crippen LogP contribution in [0, 0.1) is 12.7 Å². The minimum absolute atomic E-state index is 0.237. The summed E-state index contributed by atoms with van der Waals surface area (Å²) in [7, 11) is 0. The zero-order valence-corrected chi connectivity index (χ0v) is 11.6. The molecule has 0 aliphatic heterocycles. The molecule has 0 heterocycles. The highest BCUT2D eigenvalue weighted by atomic mass is 32.1. The van der Waals surface area contributed by atoms with Gasteiger partial charge in [-0.1, -0.05) is 6.07 Å². The van der Waals surface area contributed by atoms with Gasteiger partial charge in [-0.05, 0) is 44.6 Å². The van der Waals surface area contributed by atoms with Gasteiger partial charge in [0.05, 0.1) is 0 Å². The molecule has 0 aliphatic carbocycles. The molecular weight excluding hydrogens is 251 g/mol. The topological polar surface area (TPSA) is 33.3 Å². The van der Waals surface area contributed by atoms with Crippen molar-refractivity contribution in [3.05, 3.63) is 29.6 Å². The van der Waals surface area contributed by atoms with E-state index in [4.69, 9.17) is 17.0 Å². The van der Waals surface area contributed by atoms with Crippen molar-refractivity contribution in [1.29, 1.82) is 0 Å². The van der Waals surface area contributed by atoms with E-state index in [0.717, 1.165) is 19.6 Å². The van der Waals surface area contributed by atoms with Crippen LogP contribution in [0.2, 0.25) is 0 Å². The summed E-state index contributed by atoms with van der Waals surface area (Å²) < 4.78 is 18.5. The molecule has 0 aromatic heterocycles. The van der Waals surface area contributed by atoms with Gasteiger partial charge in [0, 0.05) is 31.0 Å². The van der Waals surface area contributed by atoms with Crippen LogP contribution in [0.1, 0.15) is 18.9 Å². The first-order valence-electron chi connectivity index (χ1n) is 6.03. The van der Waals surface area contributed by atoms with Crippen LogP contribution >= 0.6 is 12.2 Å². The molecule has 1 aromatic carbocycles. The van der Waals surface area contributed by atoms with Crippen LogP contribution in [0.15, 0.2) is 18.2 Å². The van der Waals surface area contributed by atoms with E-state index in [9.17, 15) is 4.39 Å². The summed E-state index contributed by atoms with van der Waals surface area (Å²) >= 11 is 5.13. The first kappa shape index (κ1) is 14.9. The summed E-state index contributed by atoms with van der Waals surface area (Å²) in [6, 6.07) is 4.88. The minimum Gasteiger partial charge on any atom is -0.382 e. The van der Waals surface area contributed by atoms with Crippen molar-refractivity contribution >= 4 is 23.0 Å². The predicted molar refractivity (Wildman–Crippen MR) is 76.5 cm³/mol. The van der Waals surface area contributed by atoms with Gasteiger partial charge in [0.1, 0.15) is 5.82 Å². The Labute approximate surface area is 113 Å². The first-order valence-corrected chi connectivity index (χ1v) is 6.43. The van der Waals surface area contributed by atoms with Gasteiger partial charge < -0.3 is 15.4 Å². The number of benzene rings is 1. The fourth-order valence-corrected chi connectivity index (χ4v) is 1.64. The third-order valence-corrected chi connectivity index (χ3v) is 2.72. The fraction of sp³-hybridized carbons (Fsp3) is 0.462. The number of thiocarbonyl (C=S) groups is 1. The van der Waals surface area contributed by atoms with Crippen molar-refractivity contribution in [2.75, 3.05) is 25.1 Å². The van der Waals surface area contributed by atoms with Gasteiger partial charge in [-0.25, -0.2) is 4.39 Å². The fourth-order valence-electron chi connectivity index (χ4n) is 1.43. The van der Waals surface area contributed by atoms with Gasteiger partial charge in [-0.15, -0.1) is 0 Å². The van der Waals surface area contributed by atoms with E-state index in [1.165, 1.54) is 6.07 Å². The standard InChI is InChI=1S/C13H19FN2OS/c1-3-17-9-5-8-15-13(18)16-12-7-4-6-11(14)10(12)2/h4,6-7H,3,5,8-9H2,1-2H3,(H2,15,16,18). The summed E-state index contributed by atoms with van der Waals surface area (Å²) in [5, 5.41) is 6.54. The van der Waals surface area contributed by atoms with Crippen LogP contribution in [0.25, 0.3) is 0 Å². The number of anilines is 1. The number of hydrogen-bond donors (Lipinski definition) is 2. The number of halogens is 1. The first-order chi connectivity index (χ1) is 8.65. The van der Waals surface area contributed by atoms with Crippen molar-refractivity contribution in [2.45, 2.75) is 20.3 Å². The van der Waals surface area contributed by atoms with Gasteiger partial charge >= 0.3 is 0 Å². The molecule has 3 nitrogen and oxygen atoms in total. The lowest BCUT2D eigenvalue weighted by molar-refractivity contribution is 0.146. The monoisotopic (exact) mass is 270 g/mol. The molecule has 0 saturated heterocycles. The summed E-state index contributed by atoms with van der Waals surface area (Å²) in [4.78, 5) is 0. The molecule has 1 rings (SSSR count). The Balaban J connectivity index is 2.34. The van der Waals surface area contributed by atoms with E-state index < -0.39 is 0 Å². The summed E-state index contributed by atoms with van der Waals surface area (Å²) in [6.45, 7) is 5.86.